The zero-order chi connectivity index (χ0) is 12.6. The number of pyridine rings is 1. The predicted octanol–water partition coefficient (Wildman–Crippen LogP) is 1.63. The van der Waals surface area contributed by atoms with Crippen LogP contribution in [-0.4, -0.2) is 15.0 Å². The first-order chi connectivity index (χ1) is 7.99. The third-order valence-electron chi connectivity index (χ3n) is 2.60. The fraction of sp³-hybridized carbons (Fsp3) is 0.250. The van der Waals surface area contributed by atoms with Crippen LogP contribution >= 0.6 is 0 Å². The standard InChI is InChI=1S/C12H15N5/c1-6-4-7(2)16-8(3)10(6)12-15-5-9(13)11(14)17-12/h4-5H,13H2,1-3H3,(H2,14,15,17). The van der Waals surface area contributed by atoms with Crippen LogP contribution in [0, 0.1) is 20.8 Å². The van der Waals surface area contributed by atoms with Crippen LogP contribution in [0.15, 0.2) is 12.3 Å². The Bertz CT molecular complexity index is 554. The van der Waals surface area contributed by atoms with Gasteiger partial charge in [-0.05, 0) is 32.4 Å². The van der Waals surface area contributed by atoms with Gasteiger partial charge in [0.15, 0.2) is 11.6 Å². The largest absolute Gasteiger partial charge is 0.394 e. The van der Waals surface area contributed by atoms with E-state index in [4.69, 9.17) is 11.5 Å². The Kier molecular flexibility index (Phi) is 2.67. The normalized spacial score (nSPS) is 10.5. The summed E-state index contributed by atoms with van der Waals surface area (Å²) in [7, 11) is 0. The summed E-state index contributed by atoms with van der Waals surface area (Å²) in [6.45, 7) is 5.90. The minimum atomic E-state index is 0.300. The van der Waals surface area contributed by atoms with Crippen LogP contribution in [0.1, 0.15) is 17.0 Å². The molecule has 17 heavy (non-hydrogen) atoms. The smallest absolute Gasteiger partial charge is 0.163 e. The molecular formula is C12H15N5. The van der Waals surface area contributed by atoms with E-state index in [-0.39, 0.29) is 0 Å². The lowest BCUT2D eigenvalue weighted by atomic mass is 10.1. The molecule has 0 saturated heterocycles. The maximum atomic E-state index is 5.69. The lowest BCUT2D eigenvalue weighted by molar-refractivity contribution is 1.08. The molecule has 0 aromatic carbocycles. The highest BCUT2D eigenvalue weighted by atomic mass is 15.0. The first kappa shape index (κ1) is 11.3. The Labute approximate surface area is 99.9 Å². The Morgan fingerprint density at radius 3 is 2.35 bits per heavy atom. The summed E-state index contributed by atoms with van der Waals surface area (Å²) in [5.41, 5.74) is 15.6. The highest BCUT2D eigenvalue weighted by Gasteiger charge is 2.11. The lowest BCUT2D eigenvalue weighted by Gasteiger charge is -2.10. The molecular weight excluding hydrogens is 214 g/mol. The number of aromatic nitrogens is 3. The minimum Gasteiger partial charge on any atom is -0.394 e. The summed E-state index contributed by atoms with van der Waals surface area (Å²) in [5.74, 6) is 0.869. The Morgan fingerprint density at radius 1 is 1.06 bits per heavy atom. The second kappa shape index (κ2) is 4.01. The molecule has 4 N–H and O–H groups in total. The molecule has 2 heterocycles. The minimum absolute atomic E-state index is 0.300. The van der Waals surface area contributed by atoms with Crippen LogP contribution in [0.5, 0.6) is 0 Å². The Morgan fingerprint density at radius 2 is 1.76 bits per heavy atom. The molecule has 0 aliphatic heterocycles. The molecule has 0 aliphatic rings. The van der Waals surface area contributed by atoms with E-state index in [1.165, 1.54) is 6.20 Å². The van der Waals surface area contributed by atoms with Crippen LogP contribution in [0.25, 0.3) is 11.4 Å². The third-order valence-corrected chi connectivity index (χ3v) is 2.60. The van der Waals surface area contributed by atoms with Crippen LogP contribution in [0.3, 0.4) is 0 Å². The van der Waals surface area contributed by atoms with Gasteiger partial charge in [-0.2, -0.15) is 0 Å². The van der Waals surface area contributed by atoms with Crippen LogP contribution in [0.4, 0.5) is 11.5 Å². The van der Waals surface area contributed by atoms with Crippen molar-refractivity contribution in [1.82, 2.24) is 15.0 Å². The van der Waals surface area contributed by atoms with Crippen molar-refractivity contribution < 1.29 is 0 Å². The van der Waals surface area contributed by atoms with Crippen molar-refractivity contribution in [2.45, 2.75) is 20.8 Å². The Hall–Kier alpha value is -2.17. The summed E-state index contributed by atoms with van der Waals surface area (Å²) < 4.78 is 0. The molecule has 0 radical (unpaired) electrons. The number of nitrogens with two attached hydrogens (primary N) is 2. The number of nitrogen functional groups attached to an aromatic ring is 2. The second-order valence-corrected chi connectivity index (χ2v) is 4.08. The summed E-state index contributed by atoms with van der Waals surface area (Å²) in [6.07, 6.45) is 1.52. The maximum Gasteiger partial charge on any atom is 0.163 e. The predicted molar refractivity (Wildman–Crippen MR) is 68.3 cm³/mol. The molecule has 0 aliphatic carbocycles. The van der Waals surface area contributed by atoms with E-state index < -0.39 is 0 Å². The first-order valence-corrected chi connectivity index (χ1v) is 5.32. The second-order valence-electron chi connectivity index (χ2n) is 4.08. The molecule has 0 spiro atoms. The number of hydrogen-bond donors (Lipinski definition) is 2. The van der Waals surface area contributed by atoms with Gasteiger partial charge < -0.3 is 11.5 Å². The number of anilines is 2. The van der Waals surface area contributed by atoms with Gasteiger partial charge in [-0.25, -0.2) is 9.97 Å². The fourth-order valence-corrected chi connectivity index (χ4v) is 1.89. The van der Waals surface area contributed by atoms with Crippen molar-refractivity contribution in [2.75, 3.05) is 11.5 Å². The van der Waals surface area contributed by atoms with Crippen molar-refractivity contribution in [1.29, 1.82) is 0 Å². The Balaban J connectivity index is 2.64. The molecule has 5 heteroatoms. The average Bonchev–Trinajstić information content (AvgIpc) is 2.21. The van der Waals surface area contributed by atoms with Gasteiger partial charge in [-0.15, -0.1) is 0 Å². The van der Waals surface area contributed by atoms with E-state index in [1.54, 1.807) is 0 Å². The van der Waals surface area contributed by atoms with E-state index >= 15 is 0 Å². The van der Waals surface area contributed by atoms with Crippen molar-refractivity contribution in [3.8, 4) is 11.4 Å². The van der Waals surface area contributed by atoms with E-state index in [2.05, 4.69) is 15.0 Å². The van der Waals surface area contributed by atoms with Crippen LogP contribution < -0.4 is 11.5 Å². The first-order valence-electron chi connectivity index (χ1n) is 5.32. The van der Waals surface area contributed by atoms with E-state index in [0.717, 1.165) is 22.5 Å². The summed E-state index contributed by atoms with van der Waals surface area (Å²) in [5, 5.41) is 0. The van der Waals surface area contributed by atoms with Crippen molar-refractivity contribution >= 4 is 11.5 Å². The molecule has 0 atom stereocenters. The van der Waals surface area contributed by atoms with Gasteiger partial charge >= 0.3 is 0 Å². The lowest BCUT2D eigenvalue weighted by Crippen LogP contribution is -2.03. The molecule has 88 valence electrons. The van der Waals surface area contributed by atoms with Gasteiger partial charge in [0.2, 0.25) is 0 Å². The summed E-state index contributed by atoms with van der Waals surface area (Å²) >= 11 is 0. The van der Waals surface area contributed by atoms with Crippen molar-refractivity contribution in [3.63, 3.8) is 0 Å². The number of aryl methyl sites for hydroxylation is 3. The van der Waals surface area contributed by atoms with Gasteiger partial charge in [0.25, 0.3) is 0 Å². The molecule has 2 aromatic rings. The fourth-order valence-electron chi connectivity index (χ4n) is 1.89. The molecule has 2 rings (SSSR count). The van der Waals surface area contributed by atoms with E-state index in [9.17, 15) is 0 Å². The molecule has 0 bridgehead atoms. The molecule has 0 amide bonds. The van der Waals surface area contributed by atoms with Gasteiger partial charge in [-0.3, -0.25) is 4.98 Å². The SMILES string of the molecule is Cc1cc(C)c(-c2ncc(N)c(N)n2)c(C)n1. The van der Waals surface area contributed by atoms with Gasteiger partial charge in [0.1, 0.15) is 0 Å². The van der Waals surface area contributed by atoms with Crippen molar-refractivity contribution in [3.05, 3.63) is 29.2 Å². The molecule has 2 aromatic heterocycles. The molecule has 0 unspecified atom stereocenters. The van der Waals surface area contributed by atoms with Crippen LogP contribution in [0.2, 0.25) is 0 Å². The summed E-state index contributed by atoms with van der Waals surface area (Å²) in [4.78, 5) is 12.8. The van der Waals surface area contributed by atoms with E-state index in [1.807, 2.05) is 26.8 Å². The highest BCUT2D eigenvalue weighted by Crippen LogP contribution is 2.25. The summed E-state index contributed by atoms with van der Waals surface area (Å²) in [6, 6.07) is 2.00. The topological polar surface area (TPSA) is 90.7 Å². The van der Waals surface area contributed by atoms with Crippen molar-refractivity contribution in [2.24, 2.45) is 0 Å². The third kappa shape index (κ3) is 2.04. The average molecular weight is 229 g/mol. The quantitative estimate of drug-likeness (QED) is 0.775. The number of nitrogens with zero attached hydrogens (tertiary/aromatic N) is 3. The van der Waals surface area contributed by atoms with Gasteiger partial charge in [-0.1, -0.05) is 0 Å². The highest BCUT2D eigenvalue weighted by molar-refractivity contribution is 5.67. The number of rotatable bonds is 1. The maximum absolute atomic E-state index is 5.69. The zero-order valence-corrected chi connectivity index (χ0v) is 10.2. The zero-order valence-electron chi connectivity index (χ0n) is 10.2. The monoisotopic (exact) mass is 229 g/mol. The van der Waals surface area contributed by atoms with Crippen LogP contribution in [-0.2, 0) is 0 Å². The van der Waals surface area contributed by atoms with Gasteiger partial charge in [0.05, 0.1) is 11.9 Å². The molecule has 0 saturated carbocycles. The van der Waals surface area contributed by atoms with E-state index in [0.29, 0.717) is 17.3 Å². The number of hydrogen-bond acceptors (Lipinski definition) is 5. The molecule has 0 fully saturated rings. The van der Waals surface area contributed by atoms with Gasteiger partial charge in [0, 0.05) is 17.0 Å². The molecule has 5 nitrogen and oxygen atoms in total.